The van der Waals surface area contributed by atoms with Crippen LogP contribution in [-0.4, -0.2) is 50.4 Å². The highest BCUT2D eigenvalue weighted by Gasteiger charge is 2.36. The Kier molecular flexibility index (Phi) is 5.69. The van der Waals surface area contributed by atoms with Crippen molar-refractivity contribution in [2.45, 2.75) is 57.8 Å². The third-order valence-electron chi connectivity index (χ3n) is 7.06. The Morgan fingerprint density at radius 3 is 2.66 bits per heavy atom. The second kappa shape index (κ2) is 8.24. The third-order valence-corrected chi connectivity index (χ3v) is 7.55. The van der Waals surface area contributed by atoms with E-state index in [4.69, 9.17) is 4.98 Å². The van der Waals surface area contributed by atoms with Gasteiger partial charge in [-0.05, 0) is 86.9 Å². The van der Waals surface area contributed by atoms with Gasteiger partial charge in [-0.15, -0.1) is 0 Å². The molecule has 2 heterocycles. The number of benzene rings is 2. The van der Waals surface area contributed by atoms with Crippen molar-refractivity contribution in [1.82, 2.24) is 14.5 Å². The normalized spacial score (nSPS) is 24.2. The van der Waals surface area contributed by atoms with Crippen molar-refractivity contribution >= 4 is 27.0 Å². The first-order valence-corrected chi connectivity index (χ1v) is 12.4. The predicted molar refractivity (Wildman–Crippen MR) is 131 cm³/mol. The molecule has 5 rings (SSSR count). The van der Waals surface area contributed by atoms with Gasteiger partial charge in [0.1, 0.15) is 11.4 Å². The fourth-order valence-electron chi connectivity index (χ4n) is 5.60. The van der Waals surface area contributed by atoms with Gasteiger partial charge in [0.05, 0.1) is 23.2 Å². The first kappa shape index (κ1) is 22.1. The van der Waals surface area contributed by atoms with E-state index in [1.807, 2.05) is 0 Å². The Hall–Kier alpha value is -1.73. The molecular formula is C26H32BrN3O2. The number of fused-ring (bicyclic) bond motifs is 2. The van der Waals surface area contributed by atoms with Gasteiger partial charge in [-0.2, -0.15) is 0 Å². The first-order valence-electron chi connectivity index (χ1n) is 11.6. The molecule has 3 atom stereocenters. The summed E-state index contributed by atoms with van der Waals surface area (Å²) in [7, 11) is 0. The van der Waals surface area contributed by atoms with Gasteiger partial charge in [0, 0.05) is 24.1 Å². The fourth-order valence-corrected chi connectivity index (χ4v) is 6.01. The van der Waals surface area contributed by atoms with Gasteiger partial charge in [0.25, 0.3) is 0 Å². The van der Waals surface area contributed by atoms with E-state index in [2.05, 4.69) is 68.7 Å². The van der Waals surface area contributed by atoms with Gasteiger partial charge in [-0.1, -0.05) is 28.1 Å². The molecule has 32 heavy (non-hydrogen) atoms. The highest BCUT2D eigenvalue weighted by atomic mass is 79.9. The lowest BCUT2D eigenvalue weighted by molar-refractivity contribution is 0.0119. The number of aliphatic hydroxyl groups is 2. The van der Waals surface area contributed by atoms with Gasteiger partial charge < -0.3 is 19.7 Å². The maximum atomic E-state index is 11.2. The van der Waals surface area contributed by atoms with Crippen LogP contribution < -0.4 is 0 Å². The Morgan fingerprint density at radius 1 is 1.12 bits per heavy atom. The molecule has 1 fully saturated rings. The number of rotatable bonds is 4. The second-order valence-corrected chi connectivity index (χ2v) is 11.1. The summed E-state index contributed by atoms with van der Waals surface area (Å²) in [6, 6.07) is 12.7. The molecule has 1 aliphatic carbocycles. The molecule has 0 amide bonds. The largest absolute Gasteiger partial charge is 0.390 e. The standard InChI is InChI=1S/C26H32BrN3O2/c1-16-4-7-22-21(10-16)28-25(26(2,3)32)30(22)23-8-9-29(15-24(23)31)14-17-11-18-5-6-20(27)13-19(18)12-17/h4-7,10,13,17,23-24,31-32H,8-9,11-12,14-15H2,1-3H3/t17?,23-,24-/m1/s1. The van der Waals surface area contributed by atoms with Crippen LogP contribution in [0.25, 0.3) is 11.0 Å². The highest BCUT2D eigenvalue weighted by molar-refractivity contribution is 9.10. The topological polar surface area (TPSA) is 61.5 Å². The van der Waals surface area contributed by atoms with E-state index in [9.17, 15) is 10.2 Å². The molecule has 170 valence electrons. The van der Waals surface area contributed by atoms with Gasteiger partial charge in [-0.25, -0.2) is 4.98 Å². The number of β-amino-alcohol motifs (C(OH)–C–C–N with tert-alkyl or cyclic N) is 1. The molecule has 1 aliphatic heterocycles. The summed E-state index contributed by atoms with van der Waals surface area (Å²) in [5.41, 5.74) is 4.85. The fraction of sp³-hybridized carbons (Fsp3) is 0.500. The zero-order chi connectivity index (χ0) is 22.6. The lowest BCUT2D eigenvalue weighted by Gasteiger charge is -2.39. The molecule has 0 spiro atoms. The van der Waals surface area contributed by atoms with Crippen LogP contribution in [-0.2, 0) is 18.4 Å². The quantitative estimate of drug-likeness (QED) is 0.562. The molecule has 2 aromatic carbocycles. The minimum absolute atomic E-state index is 0.0860. The van der Waals surface area contributed by atoms with Gasteiger partial charge in [0.15, 0.2) is 0 Å². The number of halogens is 1. The molecule has 1 aromatic heterocycles. The monoisotopic (exact) mass is 497 g/mol. The number of piperidine rings is 1. The van der Waals surface area contributed by atoms with Crippen molar-refractivity contribution in [3.8, 4) is 0 Å². The Balaban J connectivity index is 1.34. The number of imidazole rings is 1. The van der Waals surface area contributed by atoms with E-state index in [1.54, 1.807) is 13.8 Å². The van der Waals surface area contributed by atoms with E-state index in [-0.39, 0.29) is 6.04 Å². The SMILES string of the molecule is Cc1ccc2c(c1)nc(C(C)(C)O)n2[C@@H]1CCN(CC2Cc3ccc(Br)cc3C2)C[C@H]1O. The summed E-state index contributed by atoms with van der Waals surface area (Å²) in [4.78, 5) is 7.19. The number of aromatic nitrogens is 2. The third kappa shape index (κ3) is 4.14. The maximum absolute atomic E-state index is 11.2. The number of hydrogen-bond acceptors (Lipinski definition) is 4. The molecular weight excluding hydrogens is 466 g/mol. The van der Waals surface area contributed by atoms with Gasteiger partial charge in [0.2, 0.25) is 0 Å². The zero-order valence-electron chi connectivity index (χ0n) is 19.1. The van der Waals surface area contributed by atoms with Crippen LogP contribution >= 0.6 is 15.9 Å². The maximum Gasteiger partial charge on any atom is 0.141 e. The van der Waals surface area contributed by atoms with E-state index in [0.717, 1.165) is 53.4 Å². The zero-order valence-corrected chi connectivity index (χ0v) is 20.6. The molecule has 5 nitrogen and oxygen atoms in total. The van der Waals surface area contributed by atoms with E-state index >= 15 is 0 Å². The van der Waals surface area contributed by atoms with Crippen LogP contribution in [0, 0.1) is 12.8 Å². The van der Waals surface area contributed by atoms with Crippen LogP contribution in [0.2, 0.25) is 0 Å². The van der Waals surface area contributed by atoms with E-state index in [1.165, 1.54) is 11.1 Å². The number of aliphatic hydroxyl groups excluding tert-OH is 1. The minimum Gasteiger partial charge on any atom is -0.390 e. The molecule has 2 aliphatic rings. The van der Waals surface area contributed by atoms with Crippen LogP contribution in [0.1, 0.15) is 48.8 Å². The lowest BCUT2D eigenvalue weighted by atomic mass is 9.97. The van der Waals surface area contributed by atoms with Crippen molar-refractivity contribution in [2.75, 3.05) is 19.6 Å². The van der Waals surface area contributed by atoms with Crippen LogP contribution in [0.4, 0.5) is 0 Å². The molecule has 2 N–H and O–H groups in total. The molecule has 0 radical (unpaired) electrons. The molecule has 0 bridgehead atoms. The summed E-state index contributed by atoms with van der Waals surface area (Å²) >= 11 is 3.59. The van der Waals surface area contributed by atoms with Crippen molar-refractivity contribution in [1.29, 1.82) is 0 Å². The number of hydrogen-bond donors (Lipinski definition) is 2. The first-order chi connectivity index (χ1) is 15.2. The second-order valence-electron chi connectivity index (χ2n) is 10.2. The van der Waals surface area contributed by atoms with Gasteiger partial charge in [-0.3, -0.25) is 0 Å². The number of aryl methyl sites for hydroxylation is 1. The van der Waals surface area contributed by atoms with Crippen molar-refractivity contribution in [3.63, 3.8) is 0 Å². The van der Waals surface area contributed by atoms with E-state index in [0.29, 0.717) is 18.3 Å². The van der Waals surface area contributed by atoms with Crippen LogP contribution in [0.15, 0.2) is 40.9 Å². The summed E-state index contributed by atoms with van der Waals surface area (Å²) in [6.45, 7) is 8.20. The molecule has 1 saturated heterocycles. The molecule has 1 unspecified atom stereocenters. The summed E-state index contributed by atoms with van der Waals surface area (Å²) in [5.74, 6) is 1.24. The Morgan fingerprint density at radius 2 is 1.91 bits per heavy atom. The van der Waals surface area contributed by atoms with Crippen molar-refractivity contribution in [3.05, 3.63) is 63.4 Å². The van der Waals surface area contributed by atoms with Gasteiger partial charge >= 0.3 is 0 Å². The number of likely N-dealkylation sites (tertiary alicyclic amines) is 1. The van der Waals surface area contributed by atoms with Crippen molar-refractivity contribution in [2.24, 2.45) is 5.92 Å². The molecule has 6 heteroatoms. The smallest absolute Gasteiger partial charge is 0.141 e. The molecule has 3 aromatic rings. The number of nitrogens with zero attached hydrogens (tertiary/aromatic N) is 3. The van der Waals surface area contributed by atoms with E-state index < -0.39 is 11.7 Å². The highest BCUT2D eigenvalue weighted by Crippen LogP contribution is 2.35. The Labute approximate surface area is 198 Å². The summed E-state index contributed by atoms with van der Waals surface area (Å²) in [5, 5.41) is 22.0. The molecule has 0 saturated carbocycles. The van der Waals surface area contributed by atoms with Crippen LogP contribution in [0.5, 0.6) is 0 Å². The van der Waals surface area contributed by atoms with Crippen molar-refractivity contribution < 1.29 is 10.2 Å². The Bertz CT molecular complexity index is 1150. The average molecular weight is 498 g/mol. The minimum atomic E-state index is -1.08. The lowest BCUT2D eigenvalue weighted by Crippen LogP contribution is -2.47. The predicted octanol–water partition coefficient (Wildman–Crippen LogP) is 4.36. The summed E-state index contributed by atoms with van der Waals surface area (Å²) < 4.78 is 3.25. The summed E-state index contributed by atoms with van der Waals surface area (Å²) in [6.07, 6.45) is 2.57. The van der Waals surface area contributed by atoms with Crippen LogP contribution in [0.3, 0.4) is 0 Å². The average Bonchev–Trinajstić information content (AvgIpc) is 3.28.